The standard InChI is InChI=1S/C24H23ClN2O4S/c1-16(2)17-8-11-19(12-9-17)26-24(28)23-15-27(21-14-18(25)10-13-22(21)31-23)32(29,30)20-6-4-3-5-7-20/h3-14,16,23H,15H2,1-2H3,(H,26,28)/t23-/m0/s1. The lowest BCUT2D eigenvalue weighted by atomic mass is 10.0. The van der Waals surface area contributed by atoms with E-state index in [4.69, 9.17) is 16.3 Å². The Kier molecular flexibility index (Phi) is 6.13. The Balaban J connectivity index is 1.64. The molecule has 1 aliphatic heterocycles. The number of halogens is 1. The number of fused-ring (bicyclic) bond motifs is 1. The zero-order valence-electron chi connectivity index (χ0n) is 17.7. The van der Waals surface area contributed by atoms with Crippen molar-refractivity contribution < 1.29 is 17.9 Å². The first kappa shape index (κ1) is 22.2. The molecule has 166 valence electrons. The summed E-state index contributed by atoms with van der Waals surface area (Å²) in [6.07, 6.45) is -1.04. The third-order valence-electron chi connectivity index (χ3n) is 5.26. The van der Waals surface area contributed by atoms with E-state index < -0.39 is 22.0 Å². The van der Waals surface area contributed by atoms with Gasteiger partial charge in [-0.05, 0) is 53.9 Å². The molecule has 0 saturated carbocycles. The van der Waals surface area contributed by atoms with E-state index in [2.05, 4.69) is 19.2 Å². The van der Waals surface area contributed by atoms with Gasteiger partial charge in [0.15, 0.2) is 6.10 Å². The summed E-state index contributed by atoms with van der Waals surface area (Å²) < 4.78 is 33.8. The molecule has 32 heavy (non-hydrogen) atoms. The molecule has 4 rings (SSSR count). The minimum absolute atomic E-state index is 0.122. The van der Waals surface area contributed by atoms with Crippen LogP contribution < -0.4 is 14.4 Å². The SMILES string of the molecule is CC(C)c1ccc(NC(=O)[C@@H]2CN(S(=O)(=O)c3ccccc3)c3cc(Cl)ccc3O2)cc1. The predicted octanol–water partition coefficient (Wildman–Crippen LogP) is 5.06. The number of anilines is 2. The van der Waals surface area contributed by atoms with Crippen molar-refractivity contribution in [2.75, 3.05) is 16.2 Å². The lowest BCUT2D eigenvalue weighted by Gasteiger charge is -2.34. The summed E-state index contributed by atoms with van der Waals surface area (Å²) in [6, 6.07) is 20.3. The second kappa shape index (κ2) is 8.84. The van der Waals surface area contributed by atoms with Crippen LogP contribution >= 0.6 is 11.6 Å². The molecule has 8 heteroatoms. The maximum absolute atomic E-state index is 13.4. The molecule has 1 N–H and O–H groups in total. The number of benzene rings is 3. The fraction of sp³-hybridized carbons (Fsp3) is 0.208. The molecule has 0 unspecified atom stereocenters. The number of hydrogen-bond donors (Lipinski definition) is 1. The smallest absolute Gasteiger partial charge is 0.267 e. The largest absolute Gasteiger partial charge is 0.476 e. The molecule has 3 aromatic carbocycles. The monoisotopic (exact) mass is 470 g/mol. The number of hydrogen-bond acceptors (Lipinski definition) is 4. The van der Waals surface area contributed by atoms with Crippen LogP contribution in [0, 0.1) is 0 Å². The van der Waals surface area contributed by atoms with Gasteiger partial charge in [-0.2, -0.15) is 0 Å². The summed E-state index contributed by atoms with van der Waals surface area (Å²) in [5.41, 5.74) is 2.07. The zero-order valence-corrected chi connectivity index (χ0v) is 19.2. The van der Waals surface area contributed by atoms with E-state index in [1.165, 1.54) is 22.5 Å². The van der Waals surface area contributed by atoms with Crippen LogP contribution in [0.2, 0.25) is 5.02 Å². The van der Waals surface area contributed by atoms with Crippen LogP contribution in [0.25, 0.3) is 0 Å². The fourth-order valence-electron chi connectivity index (χ4n) is 3.48. The lowest BCUT2D eigenvalue weighted by molar-refractivity contribution is -0.122. The minimum atomic E-state index is -3.93. The van der Waals surface area contributed by atoms with Crippen molar-refractivity contribution in [3.8, 4) is 5.75 Å². The second-order valence-electron chi connectivity index (χ2n) is 7.83. The summed E-state index contributed by atoms with van der Waals surface area (Å²) in [5.74, 6) is 0.216. The van der Waals surface area contributed by atoms with Gasteiger partial charge in [0.25, 0.3) is 15.9 Å². The number of carbonyl (C=O) groups excluding carboxylic acids is 1. The third-order valence-corrected chi connectivity index (χ3v) is 7.29. The number of sulfonamides is 1. The summed E-state index contributed by atoms with van der Waals surface area (Å²) >= 11 is 6.12. The normalized spacial score (nSPS) is 15.8. The second-order valence-corrected chi connectivity index (χ2v) is 10.1. The highest BCUT2D eigenvalue weighted by Gasteiger charge is 2.37. The van der Waals surface area contributed by atoms with Crippen LogP contribution in [0.5, 0.6) is 5.75 Å². The minimum Gasteiger partial charge on any atom is -0.476 e. The van der Waals surface area contributed by atoms with Crippen molar-refractivity contribution in [2.45, 2.75) is 30.8 Å². The summed E-state index contributed by atoms with van der Waals surface area (Å²) in [7, 11) is -3.93. The van der Waals surface area contributed by atoms with Crippen LogP contribution in [-0.4, -0.2) is 27.0 Å². The van der Waals surface area contributed by atoms with Gasteiger partial charge < -0.3 is 10.1 Å². The Hall–Kier alpha value is -3.03. The number of carbonyl (C=O) groups is 1. The molecule has 0 saturated heterocycles. The van der Waals surface area contributed by atoms with Crippen molar-refractivity contribution in [1.82, 2.24) is 0 Å². The molecule has 0 radical (unpaired) electrons. The predicted molar refractivity (Wildman–Crippen MR) is 126 cm³/mol. The number of rotatable bonds is 5. The van der Waals surface area contributed by atoms with Crippen LogP contribution in [-0.2, 0) is 14.8 Å². The van der Waals surface area contributed by atoms with Crippen LogP contribution in [0.15, 0.2) is 77.7 Å². The van der Waals surface area contributed by atoms with E-state index in [1.54, 1.807) is 30.3 Å². The third kappa shape index (κ3) is 4.45. The maximum atomic E-state index is 13.4. The maximum Gasteiger partial charge on any atom is 0.267 e. The van der Waals surface area contributed by atoms with Gasteiger partial charge in [0.05, 0.1) is 17.1 Å². The van der Waals surface area contributed by atoms with Crippen LogP contribution in [0.3, 0.4) is 0 Å². The van der Waals surface area contributed by atoms with Gasteiger partial charge in [0, 0.05) is 10.7 Å². The molecule has 3 aromatic rings. The van der Waals surface area contributed by atoms with E-state index in [1.807, 2.05) is 24.3 Å². The highest BCUT2D eigenvalue weighted by molar-refractivity contribution is 7.92. The lowest BCUT2D eigenvalue weighted by Crippen LogP contribution is -2.48. The Labute approximate surface area is 192 Å². The first-order valence-electron chi connectivity index (χ1n) is 10.2. The Bertz CT molecular complexity index is 1230. The van der Waals surface area contributed by atoms with Crippen molar-refractivity contribution in [1.29, 1.82) is 0 Å². The van der Waals surface area contributed by atoms with Crippen molar-refractivity contribution in [3.05, 3.63) is 83.4 Å². The molecule has 0 spiro atoms. The molecule has 6 nitrogen and oxygen atoms in total. The highest BCUT2D eigenvalue weighted by atomic mass is 35.5. The average Bonchev–Trinajstić information content (AvgIpc) is 2.79. The van der Waals surface area contributed by atoms with Crippen LogP contribution in [0.4, 0.5) is 11.4 Å². The first-order chi connectivity index (χ1) is 15.3. The van der Waals surface area contributed by atoms with Gasteiger partial charge in [0.2, 0.25) is 0 Å². The topological polar surface area (TPSA) is 75.7 Å². The van der Waals surface area contributed by atoms with E-state index >= 15 is 0 Å². The number of amides is 1. The highest BCUT2D eigenvalue weighted by Crippen LogP contribution is 2.39. The molecule has 0 aromatic heterocycles. The summed E-state index contributed by atoms with van der Waals surface area (Å²) in [6.45, 7) is 4.00. The first-order valence-corrected chi connectivity index (χ1v) is 12.0. The van der Waals surface area contributed by atoms with Gasteiger partial charge in [-0.15, -0.1) is 0 Å². The summed E-state index contributed by atoms with van der Waals surface area (Å²) in [5, 5.41) is 3.19. The molecule has 0 fully saturated rings. The van der Waals surface area contributed by atoms with Crippen LogP contribution in [0.1, 0.15) is 25.3 Å². The molecule has 1 atom stereocenters. The molecule has 1 heterocycles. The number of nitrogens with one attached hydrogen (secondary N) is 1. The number of nitrogens with zero attached hydrogens (tertiary/aromatic N) is 1. The quantitative estimate of drug-likeness (QED) is 0.565. The van der Waals surface area contributed by atoms with Gasteiger partial charge in [-0.3, -0.25) is 9.10 Å². The van der Waals surface area contributed by atoms with Crippen molar-refractivity contribution in [2.24, 2.45) is 0 Å². The summed E-state index contributed by atoms with van der Waals surface area (Å²) in [4.78, 5) is 13.1. The fourth-order valence-corrected chi connectivity index (χ4v) is 5.14. The van der Waals surface area contributed by atoms with Gasteiger partial charge in [-0.1, -0.05) is 55.8 Å². The van der Waals surface area contributed by atoms with E-state index in [9.17, 15) is 13.2 Å². The molecule has 1 amide bonds. The van der Waals surface area contributed by atoms with Gasteiger partial charge >= 0.3 is 0 Å². The molecular weight excluding hydrogens is 448 g/mol. The van der Waals surface area contributed by atoms with E-state index in [-0.39, 0.29) is 17.2 Å². The Morgan fingerprint density at radius 1 is 1.06 bits per heavy atom. The molecule has 1 aliphatic rings. The average molecular weight is 471 g/mol. The molecule has 0 bridgehead atoms. The Morgan fingerprint density at radius 2 is 1.75 bits per heavy atom. The molecular formula is C24H23ClN2O4S. The van der Waals surface area contributed by atoms with E-state index in [0.29, 0.717) is 22.3 Å². The van der Waals surface area contributed by atoms with E-state index in [0.717, 1.165) is 5.56 Å². The Morgan fingerprint density at radius 3 is 2.41 bits per heavy atom. The van der Waals surface area contributed by atoms with Crippen molar-refractivity contribution >= 4 is 38.9 Å². The van der Waals surface area contributed by atoms with Gasteiger partial charge in [0.1, 0.15) is 5.75 Å². The number of ether oxygens (including phenoxy) is 1. The molecule has 0 aliphatic carbocycles. The van der Waals surface area contributed by atoms with Gasteiger partial charge in [-0.25, -0.2) is 8.42 Å². The zero-order chi connectivity index (χ0) is 22.9. The van der Waals surface area contributed by atoms with Crippen molar-refractivity contribution in [3.63, 3.8) is 0 Å².